The van der Waals surface area contributed by atoms with Crippen LogP contribution < -0.4 is 0 Å². The van der Waals surface area contributed by atoms with E-state index < -0.39 is 0 Å². The van der Waals surface area contributed by atoms with Crippen LogP contribution in [0.15, 0.2) is 63.6 Å². The van der Waals surface area contributed by atoms with E-state index in [9.17, 15) is 9.59 Å². The second-order valence-corrected chi connectivity index (χ2v) is 6.65. The molecule has 0 N–H and O–H groups in total. The highest BCUT2D eigenvalue weighted by atomic mass is 32.2. The van der Waals surface area contributed by atoms with E-state index in [0.29, 0.717) is 17.2 Å². The van der Waals surface area contributed by atoms with Crippen LogP contribution in [0.4, 0.5) is 4.79 Å². The van der Waals surface area contributed by atoms with Gasteiger partial charge in [0, 0.05) is 0 Å². The standard InChI is InChI=1S/C19H17NO3S/c1-13-5-3-6-15(9-13)12-20-18(21)17(24-19(20)22)11-14(2)10-16-7-4-8-23-16/h3-11H,12H2,1-2H3/b14-10+,17-11-. The van der Waals surface area contributed by atoms with Gasteiger partial charge in [-0.25, -0.2) is 0 Å². The fourth-order valence-corrected chi connectivity index (χ4v) is 3.36. The van der Waals surface area contributed by atoms with E-state index in [1.54, 1.807) is 18.4 Å². The molecule has 1 aromatic carbocycles. The Kier molecular flexibility index (Phi) is 4.71. The molecule has 5 heteroatoms. The van der Waals surface area contributed by atoms with Crippen LogP contribution in [-0.2, 0) is 11.3 Å². The minimum atomic E-state index is -0.251. The van der Waals surface area contributed by atoms with Crippen molar-refractivity contribution in [2.24, 2.45) is 0 Å². The lowest BCUT2D eigenvalue weighted by molar-refractivity contribution is -0.123. The molecule has 122 valence electrons. The van der Waals surface area contributed by atoms with Gasteiger partial charge in [-0.1, -0.05) is 29.8 Å². The Labute approximate surface area is 144 Å². The first-order valence-corrected chi connectivity index (χ1v) is 8.37. The van der Waals surface area contributed by atoms with Crippen molar-refractivity contribution < 1.29 is 14.0 Å². The highest BCUT2D eigenvalue weighted by molar-refractivity contribution is 8.18. The van der Waals surface area contributed by atoms with E-state index in [4.69, 9.17) is 4.42 Å². The molecule has 1 fully saturated rings. The van der Waals surface area contributed by atoms with Crippen LogP contribution in [-0.4, -0.2) is 16.0 Å². The van der Waals surface area contributed by atoms with E-state index in [1.807, 2.05) is 50.3 Å². The van der Waals surface area contributed by atoms with E-state index in [2.05, 4.69) is 0 Å². The molecule has 0 saturated carbocycles. The number of amides is 2. The van der Waals surface area contributed by atoms with Crippen LogP contribution in [0.5, 0.6) is 0 Å². The number of furan rings is 1. The molecule has 0 spiro atoms. The predicted octanol–water partition coefficient (Wildman–Crippen LogP) is 4.77. The van der Waals surface area contributed by atoms with Crippen molar-refractivity contribution in [1.29, 1.82) is 0 Å². The van der Waals surface area contributed by atoms with Crippen LogP contribution in [0.25, 0.3) is 6.08 Å². The number of hydrogen-bond acceptors (Lipinski definition) is 4. The highest BCUT2D eigenvalue weighted by Gasteiger charge is 2.34. The first kappa shape index (κ1) is 16.3. The van der Waals surface area contributed by atoms with Gasteiger partial charge in [-0.2, -0.15) is 0 Å². The molecule has 0 atom stereocenters. The normalized spacial score (nSPS) is 17.2. The molecule has 2 aromatic rings. The summed E-state index contributed by atoms with van der Waals surface area (Å²) in [5.41, 5.74) is 2.90. The fraction of sp³-hybridized carbons (Fsp3) is 0.158. The van der Waals surface area contributed by atoms with E-state index in [0.717, 1.165) is 28.5 Å². The first-order chi connectivity index (χ1) is 11.5. The van der Waals surface area contributed by atoms with Crippen LogP contribution in [0.3, 0.4) is 0 Å². The third kappa shape index (κ3) is 3.68. The second kappa shape index (κ2) is 6.93. The van der Waals surface area contributed by atoms with E-state index >= 15 is 0 Å². The van der Waals surface area contributed by atoms with Crippen LogP contribution in [0.2, 0.25) is 0 Å². The largest absolute Gasteiger partial charge is 0.465 e. The average molecular weight is 339 g/mol. The van der Waals surface area contributed by atoms with Gasteiger partial charge in [0.05, 0.1) is 17.7 Å². The molecule has 4 nitrogen and oxygen atoms in total. The fourth-order valence-electron chi connectivity index (χ4n) is 2.48. The van der Waals surface area contributed by atoms with Crippen molar-refractivity contribution in [1.82, 2.24) is 4.90 Å². The number of nitrogens with zero attached hydrogens (tertiary/aromatic N) is 1. The van der Waals surface area contributed by atoms with Gasteiger partial charge in [0.2, 0.25) is 0 Å². The van der Waals surface area contributed by atoms with E-state index in [-0.39, 0.29) is 11.1 Å². The molecule has 0 aliphatic carbocycles. The van der Waals surface area contributed by atoms with Gasteiger partial charge in [0.25, 0.3) is 11.1 Å². The van der Waals surface area contributed by atoms with Gasteiger partial charge in [-0.3, -0.25) is 14.5 Å². The quantitative estimate of drug-likeness (QED) is 0.753. The zero-order valence-electron chi connectivity index (χ0n) is 13.5. The average Bonchev–Trinajstić information content (AvgIpc) is 3.12. The van der Waals surface area contributed by atoms with Crippen molar-refractivity contribution >= 4 is 29.0 Å². The maximum Gasteiger partial charge on any atom is 0.293 e. The second-order valence-electron chi connectivity index (χ2n) is 5.66. The Hall–Kier alpha value is -2.53. The maximum atomic E-state index is 12.5. The van der Waals surface area contributed by atoms with Crippen LogP contribution in [0.1, 0.15) is 23.8 Å². The van der Waals surface area contributed by atoms with Gasteiger partial charge in [0.1, 0.15) is 5.76 Å². The lowest BCUT2D eigenvalue weighted by Gasteiger charge is -2.12. The van der Waals surface area contributed by atoms with Crippen molar-refractivity contribution in [3.8, 4) is 0 Å². The Morgan fingerprint density at radius 3 is 2.79 bits per heavy atom. The van der Waals surface area contributed by atoms with Gasteiger partial charge in [-0.05, 0) is 61.0 Å². The van der Waals surface area contributed by atoms with Crippen LogP contribution in [0, 0.1) is 6.92 Å². The van der Waals surface area contributed by atoms with Crippen molar-refractivity contribution in [3.05, 3.63) is 76.1 Å². The summed E-state index contributed by atoms with van der Waals surface area (Å²) in [6.07, 6.45) is 5.15. The number of allylic oxidation sites excluding steroid dienone is 2. The molecule has 1 saturated heterocycles. The first-order valence-electron chi connectivity index (χ1n) is 7.55. The van der Waals surface area contributed by atoms with Gasteiger partial charge in [0.15, 0.2) is 0 Å². The SMILES string of the molecule is CC(/C=C1\SC(=O)N(Cc2cccc(C)c2)C1=O)=C\c1ccco1. The Morgan fingerprint density at radius 2 is 2.08 bits per heavy atom. The Morgan fingerprint density at radius 1 is 1.25 bits per heavy atom. The molecule has 0 unspecified atom stereocenters. The number of rotatable bonds is 4. The number of benzene rings is 1. The molecule has 0 bridgehead atoms. The van der Waals surface area contributed by atoms with Crippen LogP contribution >= 0.6 is 11.8 Å². The Bertz CT molecular complexity index is 834. The highest BCUT2D eigenvalue weighted by Crippen LogP contribution is 2.32. The molecule has 1 aliphatic heterocycles. The molecule has 3 rings (SSSR count). The molecule has 1 aromatic heterocycles. The number of imide groups is 1. The monoisotopic (exact) mass is 339 g/mol. The number of hydrogen-bond donors (Lipinski definition) is 0. The summed E-state index contributed by atoms with van der Waals surface area (Å²) in [5.74, 6) is 0.460. The molecule has 2 heterocycles. The summed E-state index contributed by atoms with van der Waals surface area (Å²) in [7, 11) is 0. The van der Waals surface area contributed by atoms with Gasteiger partial charge >= 0.3 is 0 Å². The topological polar surface area (TPSA) is 50.5 Å². The van der Waals surface area contributed by atoms with E-state index in [1.165, 1.54) is 4.90 Å². The summed E-state index contributed by atoms with van der Waals surface area (Å²) >= 11 is 0.973. The van der Waals surface area contributed by atoms with Gasteiger partial charge in [-0.15, -0.1) is 0 Å². The minimum Gasteiger partial charge on any atom is -0.465 e. The maximum absolute atomic E-state index is 12.5. The smallest absolute Gasteiger partial charge is 0.293 e. The lowest BCUT2D eigenvalue weighted by Crippen LogP contribution is -2.27. The number of thioether (sulfide) groups is 1. The lowest BCUT2D eigenvalue weighted by atomic mass is 10.1. The summed E-state index contributed by atoms with van der Waals surface area (Å²) in [6.45, 7) is 4.15. The summed E-state index contributed by atoms with van der Waals surface area (Å²) < 4.78 is 5.25. The van der Waals surface area contributed by atoms with Crippen molar-refractivity contribution in [3.63, 3.8) is 0 Å². The molecule has 0 radical (unpaired) electrons. The van der Waals surface area contributed by atoms with Crippen molar-refractivity contribution in [2.45, 2.75) is 20.4 Å². The summed E-state index contributed by atoms with van der Waals surface area (Å²) in [6, 6.07) is 11.4. The molecular formula is C19H17NO3S. The third-order valence-corrected chi connectivity index (χ3v) is 4.48. The number of carbonyl (C=O) groups excluding carboxylic acids is 2. The zero-order valence-corrected chi connectivity index (χ0v) is 14.3. The van der Waals surface area contributed by atoms with Gasteiger partial charge < -0.3 is 4.42 Å². The third-order valence-electron chi connectivity index (χ3n) is 3.57. The predicted molar refractivity (Wildman–Crippen MR) is 95.2 cm³/mol. The summed E-state index contributed by atoms with van der Waals surface area (Å²) in [5, 5.41) is -0.237. The van der Waals surface area contributed by atoms with Crippen molar-refractivity contribution in [2.75, 3.05) is 0 Å². The number of carbonyl (C=O) groups is 2. The minimum absolute atomic E-state index is 0.237. The molecular weight excluding hydrogens is 322 g/mol. The molecule has 2 amide bonds. The molecule has 1 aliphatic rings. The summed E-state index contributed by atoms with van der Waals surface area (Å²) in [4.78, 5) is 26.4. The molecule has 24 heavy (non-hydrogen) atoms. The number of aryl methyl sites for hydroxylation is 1. The Balaban J connectivity index is 1.77. The zero-order chi connectivity index (χ0) is 17.1.